The number of hydrogen-bond acceptors (Lipinski definition) is 5. The molecule has 1 aromatic carbocycles. The number of Topliss-reactive ketones (excluding diaryl/α,β-unsaturated/α-hetero) is 1. The lowest BCUT2D eigenvalue weighted by Crippen LogP contribution is -2.61. The second-order valence-electron chi connectivity index (χ2n) is 10.9. The number of hydrogen-bond donors (Lipinski definition) is 2. The number of primary amides is 1. The summed E-state index contributed by atoms with van der Waals surface area (Å²) in [6, 6.07) is 4.51. The molecular weight excluding hydrogens is 485 g/mol. The predicted octanol–water partition coefficient (Wildman–Crippen LogP) is 3.67. The number of alkyl halides is 3. The van der Waals surface area contributed by atoms with Gasteiger partial charge < -0.3 is 10.5 Å². The predicted molar refractivity (Wildman–Crippen MR) is 118 cm³/mol. The minimum Gasteiger partial charge on any atom is -0.404 e. The molecule has 0 spiro atoms. The number of carbonyl (C=O) groups excluding carboxylic acids is 2. The number of nitrogens with one attached hydrogen (secondary N) is 1. The molecule has 5 fully saturated rings. The number of sulfonamides is 1. The number of para-hydroxylation sites is 1. The van der Waals surface area contributed by atoms with Crippen LogP contribution >= 0.6 is 0 Å². The molecule has 6 rings (SSSR count). The molecule has 4 bridgehead atoms. The first-order valence-corrected chi connectivity index (χ1v) is 13.5. The average Bonchev–Trinajstić information content (AvgIpc) is 2.72. The molecule has 5 aliphatic rings. The Morgan fingerprint density at radius 3 is 2.26 bits per heavy atom. The van der Waals surface area contributed by atoms with Crippen molar-refractivity contribution in [3.05, 3.63) is 24.3 Å². The van der Waals surface area contributed by atoms with Crippen LogP contribution in [0.3, 0.4) is 0 Å². The van der Waals surface area contributed by atoms with E-state index >= 15 is 0 Å². The van der Waals surface area contributed by atoms with Crippen molar-refractivity contribution >= 4 is 21.7 Å². The van der Waals surface area contributed by atoms with Crippen LogP contribution in [0.4, 0.5) is 13.2 Å². The fourth-order valence-corrected chi connectivity index (χ4v) is 8.91. The van der Waals surface area contributed by atoms with Gasteiger partial charge in [0.25, 0.3) is 0 Å². The van der Waals surface area contributed by atoms with E-state index in [-0.39, 0.29) is 35.9 Å². The maximum absolute atomic E-state index is 13.5. The largest absolute Gasteiger partial charge is 0.573 e. The van der Waals surface area contributed by atoms with Crippen molar-refractivity contribution in [3.63, 3.8) is 0 Å². The van der Waals surface area contributed by atoms with Crippen molar-refractivity contribution in [2.45, 2.75) is 74.6 Å². The smallest absolute Gasteiger partial charge is 0.404 e. The van der Waals surface area contributed by atoms with Gasteiger partial charge in [0.15, 0.2) is 5.78 Å². The third kappa shape index (κ3) is 4.34. The number of ether oxygens (including phenoxy) is 1. The summed E-state index contributed by atoms with van der Waals surface area (Å²) in [6.07, 6.45) is 0.430. The van der Waals surface area contributed by atoms with Crippen molar-refractivity contribution in [2.24, 2.45) is 34.8 Å². The summed E-state index contributed by atoms with van der Waals surface area (Å²) in [5.74, 6) is -0.425. The lowest BCUT2D eigenvalue weighted by atomic mass is 9.45. The second kappa shape index (κ2) is 8.19. The number of ketones is 1. The molecule has 192 valence electrons. The zero-order valence-corrected chi connectivity index (χ0v) is 20.0. The maximum atomic E-state index is 13.5. The third-order valence-corrected chi connectivity index (χ3v) is 10.4. The summed E-state index contributed by atoms with van der Waals surface area (Å²) in [6.45, 7) is 0. The normalized spacial score (nSPS) is 33.2. The lowest BCUT2D eigenvalue weighted by molar-refractivity contribution is -0.275. The Labute approximate surface area is 202 Å². The number of halogens is 3. The summed E-state index contributed by atoms with van der Waals surface area (Å²) in [5, 5.41) is 0. The van der Waals surface area contributed by atoms with Crippen molar-refractivity contribution in [1.29, 1.82) is 0 Å². The topological polar surface area (TPSA) is 116 Å². The summed E-state index contributed by atoms with van der Waals surface area (Å²) >= 11 is 0. The molecule has 2 atom stereocenters. The molecule has 35 heavy (non-hydrogen) atoms. The van der Waals surface area contributed by atoms with Gasteiger partial charge in [-0.3, -0.25) is 9.59 Å². The van der Waals surface area contributed by atoms with Gasteiger partial charge in [-0.2, -0.15) is 4.72 Å². The van der Waals surface area contributed by atoms with Crippen molar-refractivity contribution in [2.75, 3.05) is 0 Å². The highest BCUT2D eigenvalue weighted by atomic mass is 32.2. The fraction of sp³-hybridized carbons (Fsp3) is 0.667. The minimum atomic E-state index is -5.06. The quantitative estimate of drug-likeness (QED) is 0.549. The molecular formula is C24H29F3N2O5S. The highest BCUT2D eigenvalue weighted by Gasteiger charge is 2.59. The third-order valence-electron chi connectivity index (χ3n) is 8.85. The molecule has 5 saturated carbocycles. The molecule has 0 radical (unpaired) electrons. The molecule has 3 N–H and O–H groups in total. The van der Waals surface area contributed by atoms with Gasteiger partial charge in [0.2, 0.25) is 15.9 Å². The monoisotopic (exact) mass is 514 g/mol. The summed E-state index contributed by atoms with van der Waals surface area (Å²) in [7, 11) is -4.47. The first-order chi connectivity index (χ1) is 16.3. The van der Waals surface area contributed by atoms with E-state index < -0.39 is 38.0 Å². The maximum Gasteiger partial charge on any atom is 0.573 e. The number of rotatable bonds is 8. The van der Waals surface area contributed by atoms with Gasteiger partial charge >= 0.3 is 6.36 Å². The van der Waals surface area contributed by atoms with E-state index in [9.17, 15) is 31.2 Å². The number of carbonyl (C=O) groups is 2. The standard InChI is InChI=1S/C24H29F3N2O5S/c25-24(26,27)34-18-4-1-2-5-19(18)35(32,33)29-23(6-3-7-23)20(30)10-17-15-8-14-9-16(17)13-22(11-14,12-15)21(28)31/h1-2,4-5,14-17,29H,3,6-13H2,(H2,28,31). The van der Waals surface area contributed by atoms with Gasteiger partial charge in [0.1, 0.15) is 10.6 Å². The Balaban J connectivity index is 1.34. The fourth-order valence-electron chi connectivity index (χ4n) is 7.34. The molecule has 0 aliphatic heterocycles. The Bertz CT molecular complexity index is 1130. The summed E-state index contributed by atoms with van der Waals surface area (Å²) < 4.78 is 71.1. The van der Waals surface area contributed by atoms with Crippen LogP contribution in [0, 0.1) is 29.1 Å². The molecule has 0 aromatic heterocycles. The van der Waals surface area contributed by atoms with Crippen molar-refractivity contribution in [3.8, 4) is 5.75 Å². The van der Waals surface area contributed by atoms with Crippen LogP contribution < -0.4 is 15.2 Å². The van der Waals surface area contributed by atoms with Crippen LogP contribution in [-0.2, 0) is 19.6 Å². The lowest BCUT2D eigenvalue weighted by Gasteiger charge is -2.59. The first-order valence-electron chi connectivity index (χ1n) is 12.0. The SMILES string of the molecule is NC(=O)C12CC3CC(C1)C(CC(=O)C1(NS(=O)(=O)c4ccccc4OC(F)(F)F)CCC1)C(C3)C2. The van der Waals surface area contributed by atoms with E-state index in [1.807, 2.05) is 0 Å². The van der Waals surface area contributed by atoms with Gasteiger partial charge in [0, 0.05) is 11.8 Å². The second-order valence-corrected chi connectivity index (χ2v) is 12.6. The molecule has 1 amide bonds. The number of amides is 1. The van der Waals surface area contributed by atoms with Gasteiger partial charge in [0.05, 0.1) is 5.54 Å². The van der Waals surface area contributed by atoms with Crippen LogP contribution in [0.5, 0.6) is 5.75 Å². The van der Waals surface area contributed by atoms with Crippen molar-refractivity contribution < 1.29 is 35.9 Å². The van der Waals surface area contributed by atoms with E-state index in [4.69, 9.17) is 5.73 Å². The number of nitrogens with two attached hydrogens (primary N) is 1. The number of benzene rings is 1. The highest BCUT2D eigenvalue weighted by molar-refractivity contribution is 7.89. The molecule has 0 saturated heterocycles. The summed E-state index contributed by atoms with van der Waals surface area (Å²) in [5.41, 5.74) is 3.94. The van der Waals surface area contributed by atoms with E-state index in [1.54, 1.807) is 0 Å². The van der Waals surface area contributed by atoms with Crippen LogP contribution in [0.25, 0.3) is 0 Å². The van der Waals surface area contributed by atoms with E-state index in [1.165, 1.54) is 12.1 Å². The van der Waals surface area contributed by atoms with E-state index in [0.717, 1.165) is 31.4 Å². The van der Waals surface area contributed by atoms with Crippen LogP contribution in [0.2, 0.25) is 0 Å². The minimum absolute atomic E-state index is 0.0642. The van der Waals surface area contributed by atoms with Crippen LogP contribution in [0.15, 0.2) is 29.2 Å². The van der Waals surface area contributed by atoms with E-state index in [2.05, 4.69) is 9.46 Å². The Kier molecular flexibility index (Phi) is 5.75. The molecule has 7 nitrogen and oxygen atoms in total. The van der Waals surface area contributed by atoms with Gasteiger partial charge in [-0.15, -0.1) is 13.2 Å². The Morgan fingerprint density at radius 2 is 1.71 bits per heavy atom. The average molecular weight is 515 g/mol. The van der Waals surface area contributed by atoms with Crippen molar-refractivity contribution in [1.82, 2.24) is 4.72 Å². The highest BCUT2D eigenvalue weighted by Crippen LogP contribution is 2.63. The van der Waals surface area contributed by atoms with Crippen LogP contribution in [-0.4, -0.2) is 32.0 Å². The Morgan fingerprint density at radius 1 is 1.09 bits per heavy atom. The van der Waals surface area contributed by atoms with Gasteiger partial charge in [-0.05, 0) is 87.2 Å². The first kappa shape index (κ1) is 24.5. The zero-order valence-electron chi connectivity index (χ0n) is 19.1. The van der Waals surface area contributed by atoms with Gasteiger partial charge in [-0.25, -0.2) is 8.42 Å². The van der Waals surface area contributed by atoms with Gasteiger partial charge in [-0.1, -0.05) is 12.1 Å². The molecule has 2 unspecified atom stereocenters. The Hall–Kier alpha value is -2.14. The molecule has 11 heteroatoms. The molecule has 1 aromatic rings. The zero-order chi connectivity index (χ0) is 25.2. The molecule has 0 heterocycles. The summed E-state index contributed by atoms with van der Waals surface area (Å²) in [4.78, 5) is 25.1. The van der Waals surface area contributed by atoms with E-state index in [0.29, 0.717) is 38.0 Å². The molecule has 5 aliphatic carbocycles. The van der Waals surface area contributed by atoms with Crippen LogP contribution in [0.1, 0.15) is 57.8 Å².